The Balaban J connectivity index is 2.38. The fourth-order valence-corrected chi connectivity index (χ4v) is 3.24. The average Bonchev–Trinajstić information content (AvgIpc) is 2.69. The number of aromatic amines is 1. The van der Waals surface area contributed by atoms with E-state index in [1.54, 1.807) is 11.9 Å². The van der Waals surface area contributed by atoms with Gasteiger partial charge in [0.05, 0.1) is 5.69 Å². The number of aryl methyl sites for hydroxylation is 1. The highest BCUT2D eigenvalue weighted by Crippen LogP contribution is 2.26. The molecule has 0 aliphatic heterocycles. The third-order valence-electron chi connectivity index (χ3n) is 3.72. The molecule has 1 amide bonds. The molecule has 2 rings (SSSR count). The van der Waals surface area contributed by atoms with Gasteiger partial charge in [0, 0.05) is 13.1 Å². The van der Waals surface area contributed by atoms with E-state index in [9.17, 15) is 13.2 Å². The molecule has 0 bridgehead atoms. The molecule has 0 spiro atoms. The molecule has 1 aliphatic rings. The van der Waals surface area contributed by atoms with Gasteiger partial charge in [-0.25, -0.2) is 13.6 Å². The molecule has 1 aliphatic carbocycles. The van der Waals surface area contributed by atoms with Crippen LogP contribution in [-0.2, 0) is 16.4 Å². The molecule has 112 valence electrons. The first-order valence-corrected chi connectivity index (χ1v) is 8.28. The van der Waals surface area contributed by atoms with Crippen molar-refractivity contribution >= 4 is 15.9 Å². The maximum Gasteiger partial charge on any atom is 0.275 e. The first-order valence-electron chi connectivity index (χ1n) is 6.73. The number of nitrogens with two attached hydrogens (primary N) is 1. The molecule has 0 saturated heterocycles. The second-order valence-corrected chi connectivity index (χ2v) is 6.67. The summed E-state index contributed by atoms with van der Waals surface area (Å²) in [7, 11) is -2.30. The van der Waals surface area contributed by atoms with E-state index in [0.717, 1.165) is 25.7 Å². The summed E-state index contributed by atoms with van der Waals surface area (Å²) < 4.78 is 23.5. The molecule has 0 atom stereocenters. The van der Waals surface area contributed by atoms with Crippen LogP contribution in [0.2, 0.25) is 0 Å². The summed E-state index contributed by atoms with van der Waals surface area (Å²) in [5.74, 6) is -0.391. The van der Waals surface area contributed by atoms with Crippen molar-refractivity contribution in [1.29, 1.82) is 0 Å². The molecule has 8 heteroatoms. The first-order chi connectivity index (χ1) is 9.36. The van der Waals surface area contributed by atoms with Crippen molar-refractivity contribution in [3.8, 4) is 0 Å². The Kier molecular flexibility index (Phi) is 4.14. The lowest BCUT2D eigenvalue weighted by Gasteiger charge is -2.34. The molecule has 1 fully saturated rings. The van der Waals surface area contributed by atoms with E-state index >= 15 is 0 Å². The minimum absolute atomic E-state index is 0.0923. The second kappa shape index (κ2) is 5.53. The Morgan fingerprint density at radius 3 is 2.60 bits per heavy atom. The van der Waals surface area contributed by atoms with E-state index in [4.69, 9.17) is 5.14 Å². The van der Waals surface area contributed by atoms with Gasteiger partial charge in [-0.15, -0.1) is 0 Å². The lowest BCUT2D eigenvalue weighted by atomic mass is 9.92. The number of carbonyl (C=O) groups is 1. The summed E-state index contributed by atoms with van der Waals surface area (Å²) in [6, 6.07) is 0.169. The largest absolute Gasteiger partial charge is 0.337 e. The van der Waals surface area contributed by atoms with Crippen LogP contribution >= 0.6 is 0 Å². The van der Waals surface area contributed by atoms with Gasteiger partial charge in [0.2, 0.25) is 10.0 Å². The third-order valence-corrected chi connectivity index (χ3v) is 4.73. The smallest absolute Gasteiger partial charge is 0.275 e. The minimum Gasteiger partial charge on any atom is -0.337 e. The van der Waals surface area contributed by atoms with E-state index in [2.05, 4.69) is 10.2 Å². The van der Waals surface area contributed by atoms with E-state index < -0.39 is 15.9 Å². The molecule has 7 nitrogen and oxygen atoms in total. The third kappa shape index (κ3) is 2.71. The molecular weight excluding hydrogens is 280 g/mol. The molecule has 0 unspecified atom stereocenters. The highest BCUT2D eigenvalue weighted by molar-refractivity contribution is 7.89. The fraction of sp³-hybridized carbons (Fsp3) is 0.667. The number of primary sulfonamides is 1. The predicted octanol–water partition coefficient (Wildman–Crippen LogP) is 0.634. The van der Waals surface area contributed by atoms with Crippen LogP contribution in [0.25, 0.3) is 0 Å². The van der Waals surface area contributed by atoms with E-state index in [1.165, 1.54) is 0 Å². The molecular formula is C12H20N4O3S. The summed E-state index contributed by atoms with van der Waals surface area (Å²) >= 11 is 0. The maximum atomic E-state index is 12.4. The molecule has 0 aromatic carbocycles. The van der Waals surface area contributed by atoms with Crippen molar-refractivity contribution in [2.24, 2.45) is 5.14 Å². The summed E-state index contributed by atoms with van der Waals surface area (Å²) in [5, 5.41) is 11.8. The lowest BCUT2D eigenvalue weighted by molar-refractivity contribution is 0.0642. The Labute approximate surface area is 118 Å². The number of rotatable bonds is 5. The van der Waals surface area contributed by atoms with Gasteiger partial charge in [-0.3, -0.25) is 9.89 Å². The van der Waals surface area contributed by atoms with Crippen molar-refractivity contribution in [2.75, 3.05) is 7.05 Å². The topological polar surface area (TPSA) is 109 Å². The van der Waals surface area contributed by atoms with Crippen LogP contribution < -0.4 is 5.14 Å². The summed E-state index contributed by atoms with van der Waals surface area (Å²) in [5.41, 5.74) is 0.311. The second-order valence-electron chi connectivity index (χ2n) is 5.18. The van der Waals surface area contributed by atoms with Crippen LogP contribution in [0, 0.1) is 0 Å². The van der Waals surface area contributed by atoms with Gasteiger partial charge in [0.15, 0.2) is 5.69 Å². The molecule has 1 heterocycles. The monoisotopic (exact) mass is 300 g/mol. The zero-order valence-electron chi connectivity index (χ0n) is 11.7. The number of hydrogen-bond donors (Lipinski definition) is 2. The molecule has 1 aromatic heterocycles. The molecule has 1 aromatic rings. The van der Waals surface area contributed by atoms with Crippen LogP contribution in [-0.4, -0.2) is 42.5 Å². The van der Waals surface area contributed by atoms with Gasteiger partial charge in [-0.2, -0.15) is 5.10 Å². The number of nitrogens with one attached hydrogen (secondary N) is 1. The van der Waals surface area contributed by atoms with Gasteiger partial charge in [-0.05, 0) is 25.7 Å². The van der Waals surface area contributed by atoms with Gasteiger partial charge >= 0.3 is 0 Å². The molecule has 1 saturated carbocycles. The molecule has 0 radical (unpaired) electrons. The maximum absolute atomic E-state index is 12.4. The molecule has 20 heavy (non-hydrogen) atoms. The van der Waals surface area contributed by atoms with Gasteiger partial charge < -0.3 is 4.90 Å². The van der Waals surface area contributed by atoms with Crippen LogP contribution in [0.3, 0.4) is 0 Å². The van der Waals surface area contributed by atoms with Crippen molar-refractivity contribution < 1.29 is 13.2 Å². The van der Waals surface area contributed by atoms with E-state index in [-0.39, 0.29) is 16.6 Å². The number of amides is 1. The van der Waals surface area contributed by atoms with Crippen LogP contribution in [0.15, 0.2) is 4.90 Å². The summed E-state index contributed by atoms with van der Waals surface area (Å²) in [6.45, 7) is 1.91. The first kappa shape index (κ1) is 15.0. The average molecular weight is 300 g/mol. The number of carbonyl (C=O) groups excluding carboxylic acids is 1. The zero-order chi connectivity index (χ0) is 14.9. The number of nitrogens with zero attached hydrogens (tertiary/aromatic N) is 2. The highest BCUT2D eigenvalue weighted by Gasteiger charge is 2.32. The normalized spacial score (nSPS) is 15.9. The summed E-state index contributed by atoms with van der Waals surface area (Å²) in [6.07, 6.45) is 4.19. The quantitative estimate of drug-likeness (QED) is 0.831. The Bertz CT molecular complexity index is 604. The number of hydrogen-bond acceptors (Lipinski definition) is 4. The van der Waals surface area contributed by atoms with Crippen molar-refractivity contribution in [1.82, 2.24) is 15.1 Å². The zero-order valence-corrected chi connectivity index (χ0v) is 12.5. The van der Waals surface area contributed by atoms with Crippen LogP contribution in [0.5, 0.6) is 0 Å². The van der Waals surface area contributed by atoms with E-state index in [0.29, 0.717) is 12.1 Å². The van der Waals surface area contributed by atoms with Crippen molar-refractivity contribution in [3.63, 3.8) is 0 Å². The van der Waals surface area contributed by atoms with Crippen LogP contribution in [0.1, 0.15) is 48.8 Å². The number of aromatic nitrogens is 2. The predicted molar refractivity (Wildman–Crippen MR) is 73.7 cm³/mol. The Morgan fingerprint density at radius 1 is 1.50 bits per heavy atom. The van der Waals surface area contributed by atoms with E-state index in [1.807, 2.05) is 6.92 Å². The standard InChI is InChI=1S/C12H20N4O3S/c1-3-5-9-11(20(13,18)19)10(15-14-9)12(17)16(2)8-6-4-7-8/h8H,3-7H2,1-2H3,(H,14,15)(H2,13,18,19). The number of H-pyrrole nitrogens is 1. The summed E-state index contributed by atoms with van der Waals surface area (Å²) in [4.78, 5) is 13.8. The number of sulfonamides is 1. The van der Waals surface area contributed by atoms with Crippen molar-refractivity contribution in [3.05, 3.63) is 11.4 Å². The minimum atomic E-state index is -3.98. The molecule has 3 N–H and O–H groups in total. The van der Waals surface area contributed by atoms with Gasteiger partial charge in [-0.1, -0.05) is 13.3 Å². The fourth-order valence-electron chi connectivity index (χ4n) is 2.35. The van der Waals surface area contributed by atoms with Gasteiger partial charge in [0.25, 0.3) is 5.91 Å². The van der Waals surface area contributed by atoms with Crippen molar-refractivity contribution in [2.45, 2.75) is 50.0 Å². The lowest BCUT2D eigenvalue weighted by Crippen LogP contribution is -2.42. The van der Waals surface area contributed by atoms with Gasteiger partial charge in [0.1, 0.15) is 4.90 Å². The SMILES string of the molecule is CCCc1[nH]nc(C(=O)N(C)C2CCC2)c1S(N)(=O)=O. The Hall–Kier alpha value is -1.41. The van der Waals surface area contributed by atoms with Crippen LogP contribution in [0.4, 0.5) is 0 Å². The Morgan fingerprint density at radius 2 is 2.15 bits per heavy atom. The highest BCUT2D eigenvalue weighted by atomic mass is 32.2.